The van der Waals surface area contributed by atoms with Gasteiger partial charge in [-0.3, -0.25) is 4.79 Å². The molecule has 1 aromatic carbocycles. The molecule has 8 heteroatoms. The zero-order valence-electron chi connectivity index (χ0n) is 14.4. The third kappa shape index (κ3) is 6.19. The maximum atomic E-state index is 12.0. The van der Waals surface area contributed by atoms with Crippen molar-refractivity contribution in [3.05, 3.63) is 39.8 Å². The fourth-order valence-corrected chi connectivity index (χ4v) is 3.07. The zero-order chi connectivity index (χ0) is 17.4. The number of ether oxygens (including phenoxy) is 2. The number of rotatable bonds is 9. The topological polar surface area (TPSA) is 86.5 Å². The van der Waals surface area contributed by atoms with Crippen molar-refractivity contribution in [2.75, 3.05) is 27.3 Å². The molecule has 3 N–H and O–H groups in total. The number of aromatic nitrogens is 1. The van der Waals surface area contributed by atoms with Gasteiger partial charge in [0, 0.05) is 18.3 Å². The molecule has 0 fully saturated rings. The van der Waals surface area contributed by atoms with Crippen molar-refractivity contribution in [1.29, 1.82) is 0 Å². The lowest BCUT2D eigenvalue weighted by atomic mass is 10.1. The SMILES string of the molecule is COc1ccc(CCCNC(=O)c2csc(CCN)n2)cc1OC.Cl. The Hall–Kier alpha value is -1.83. The largest absolute Gasteiger partial charge is 0.493 e. The minimum atomic E-state index is -0.137. The van der Waals surface area contributed by atoms with E-state index in [-0.39, 0.29) is 18.3 Å². The Labute approximate surface area is 158 Å². The molecule has 0 spiro atoms. The van der Waals surface area contributed by atoms with Crippen molar-refractivity contribution < 1.29 is 14.3 Å². The summed E-state index contributed by atoms with van der Waals surface area (Å²) in [5, 5.41) is 5.56. The Kier molecular flexibility index (Phi) is 9.26. The highest BCUT2D eigenvalue weighted by atomic mass is 35.5. The summed E-state index contributed by atoms with van der Waals surface area (Å²) in [6.45, 7) is 1.14. The van der Waals surface area contributed by atoms with Gasteiger partial charge in [-0.25, -0.2) is 4.98 Å². The quantitative estimate of drug-likeness (QED) is 0.647. The molecule has 0 aliphatic heterocycles. The van der Waals surface area contributed by atoms with Crippen LogP contribution in [0.2, 0.25) is 0 Å². The Bertz CT molecular complexity index is 679. The van der Waals surface area contributed by atoms with Crippen molar-refractivity contribution in [2.24, 2.45) is 5.73 Å². The Morgan fingerprint density at radius 2 is 2.00 bits per heavy atom. The first-order chi connectivity index (χ1) is 11.7. The van der Waals surface area contributed by atoms with Gasteiger partial charge in [0.05, 0.1) is 19.2 Å². The van der Waals surface area contributed by atoms with Gasteiger partial charge in [-0.05, 0) is 37.1 Å². The van der Waals surface area contributed by atoms with Crippen LogP contribution < -0.4 is 20.5 Å². The molecule has 0 aliphatic rings. The van der Waals surface area contributed by atoms with Crippen LogP contribution >= 0.6 is 23.7 Å². The molecule has 138 valence electrons. The summed E-state index contributed by atoms with van der Waals surface area (Å²) < 4.78 is 10.5. The maximum Gasteiger partial charge on any atom is 0.270 e. The number of carbonyl (C=O) groups excluding carboxylic acids is 1. The van der Waals surface area contributed by atoms with E-state index in [0.717, 1.165) is 23.4 Å². The van der Waals surface area contributed by atoms with Gasteiger partial charge in [0.15, 0.2) is 11.5 Å². The van der Waals surface area contributed by atoms with E-state index < -0.39 is 0 Å². The first kappa shape index (κ1) is 21.2. The Morgan fingerprint density at radius 1 is 1.24 bits per heavy atom. The van der Waals surface area contributed by atoms with Gasteiger partial charge in [0.2, 0.25) is 0 Å². The van der Waals surface area contributed by atoms with Crippen LogP contribution in [0.1, 0.15) is 27.5 Å². The normalized spacial score (nSPS) is 10.0. The van der Waals surface area contributed by atoms with E-state index >= 15 is 0 Å². The van der Waals surface area contributed by atoms with E-state index in [2.05, 4.69) is 10.3 Å². The highest BCUT2D eigenvalue weighted by molar-refractivity contribution is 7.09. The summed E-state index contributed by atoms with van der Waals surface area (Å²) in [6, 6.07) is 5.85. The van der Waals surface area contributed by atoms with Gasteiger partial charge in [0.25, 0.3) is 5.91 Å². The number of aryl methyl sites for hydroxylation is 1. The highest BCUT2D eigenvalue weighted by Gasteiger charge is 2.10. The summed E-state index contributed by atoms with van der Waals surface area (Å²) in [5.41, 5.74) is 7.09. The monoisotopic (exact) mass is 385 g/mol. The lowest BCUT2D eigenvalue weighted by molar-refractivity contribution is 0.0948. The molecule has 0 atom stereocenters. The number of nitrogens with two attached hydrogens (primary N) is 1. The maximum absolute atomic E-state index is 12.0. The minimum Gasteiger partial charge on any atom is -0.493 e. The molecule has 1 aromatic heterocycles. The Balaban J connectivity index is 0.00000312. The van der Waals surface area contributed by atoms with Crippen LogP contribution in [0.25, 0.3) is 0 Å². The molecular weight excluding hydrogens is 362 g/mol. The summed E-state index contributed by atoms with van der Waals surface area (Å²) in [7, 11) is 3.24. The number of halogens is 1. The lowest BCUT2D eigenvalue weighted by Gasteiger charge is -2.09. The number of hydrogen-bond acceptors (Lipinski definition) is 6. The summed E-state index contributed by atoms with van der Waals surface area (Å²) in [4.78, 5) is 16.3. The van der Waals surface area contributed by atoms with Crippen molar-refractivity contribution in [3.8, 4) is 11.5 Å². The van der Waals surface area contributed by atoms with Gasteiger partial charge >= 0.3 is 0 Å². The van der Waals surface area contributed by atoms with E-state index in [9.17, 15) is 4.79 Å². The number of benzene rings is 1. The van der Waals surface area contributed by atoms with Gasteiger partial charge in [-0.15, -0.1) is 23.7 Å². The molecule has 2 rings (SSSR count). The molecule has 0 saturated carbocycles. The van der Waals surface area contributed by atoms with Gasteiger partial charge in [-0.2, -0.15) is 0 Å². The molecule has 2 aromatic rings. The zero-order valence-corrected chi connectivity index (χ0v) is 16.0. The van der Waals surface area contributed by atoms with Crippen LogP contribution in [-0.2, 0) is 12.8 Å². The van der Waals surface area contributed by atoms with E-state index in [4.69, 9.17) is 15.2 Å². The second-order valence-corrected chi connectivity index (χ2v) is 6.16. The van der Waals surface area contributed by atoms with E-state index in [0.29, 0.717) is 36.7 Å². The van der Waals surface area contributed by atoms with Crippen molar-refractivity contribution in [1.82, 2.24) is 10.3 Å². The van der Waals surface area contributed by atoms with Crippen LogP contribution in [-0.4, -0.2) is 38.2 Å². The van der Waals surface area contributed by atoms with Crippen LogP contribution in [0, 0.1) is 0 Å². The van der Waals surface area contributed by atoms with Crippen LogP contribution in [0.3, 0.4) is 0 Å². The van der Waals surface area contributed by atoms with Crippen molar-refractivity contribution >= 4 is 29.7 Å². The third-order valence-electron chi connectivity index (χ3n) is 3.52. The molecule has 6 nitrogen and oxygen atoms in total. The third-order valence-corrected chi connectivity index (χ3v) is 4.43. The fraction of sp³-hybridized carbons (Fsp3) is 0.412. The highest BCUT2D eigenvalue weighted by Crippen LogP contribution is 2.27. The second kappa shape index (κ2) is 10.9. The molecule has 0 radical (unpaired) electrons. The predicted octanol–water partition coefficient (Wildman–Crippen LogP) is 2.45. The lowest BCUT2D eigenvalue weighted by Crippen LogP contribution is -2.25. The van der Waals surface area contributed by atoms with Crippen LogP contribution in [0.15, 0.2) is 23.6 Å². The molecule has 0 saturated heterocycles. The van der Waals surface area contributed by atoms with E-state index in [1.165, 1.54) is 11.3 Å². The molecular formula is C17H24ClN3O3S. The van der Waals surface area contributed by atoms with E-state index in [1.54, 1.807) is 19.6 Å². The summed E-state index contributed by atoms with van der Waals surface area (Å²) in [6.07, 6.45) is 2.38. The second-order valence-electron chi connectivity index (χ2n) is 5.21. The molecule has 0 aliphatic carbocycles. The number of carbonyl (C=O) groups is 1. The summed E-state index contributed by atoms with van der Waals surface area (Å²) >= 11 is 1.47. The smallest absolute Gasteiger partial charge is 0.270 e. The molecule has 25 heavy (non-hydrogen) atoms. The first-order valence-electron chi connectivity index (χ1n) is 7.81. The predicted molar refractivity (Wildman–Crippen MR) is 102 cm³/mol. The average Bonchev–Trinajstić information content (AvgIpc) is 3.07. The number of hydrogen-bond donors (Lipinski definition) is 2. The molecule has 1 amide bonds. The number of nitrogens with one attached hydrogen (secondary N) is 1. The van der Waals surface area contributed by atoms with E-state index in [1.807, 2.05) is 18.2 Å². The molecule has 1 heterocycles. The molecule has 0 bridgehead atoms. The minimum absolute atomic E-state index is 0. The fourth-order valence-electron chi connectivity index (χ4n) is 2.27. The Morgan fingerprint density at radius 3 is 2.68 bits per heavy atom. The number of nitrogens with zero attached hydrogens (tertiary/aromatic N) is 1. The number of amides is 1. The van der Waals surface area contributed by atoms with Gasteiger partial charge < -0.3 is 20.5 Å². The standard InChI is InChI=1S/C17H23N3O3S.ClH/c1-22-14-6-5-12(10-15(14)23-2)4-3-9-19-17(21)13-11-24-16(20-13)7-8-18;/h5-6,10-11H,3-4,7-9,18H2,1-2H3,(H,19,21);1H. The summed E-state index contributed by atoms with van der Waals surface area (Å²) in [5.74, 6) is 1.29. The molecule has 0 unspecified atom stereocenters. The van der Waals surface area contributed by atoms with Crippen molar-refractivity contribution in [2.45, 2.75) is 19.3 Å². The first-order valence-corrected chi connectivity index (χ1v) is 8.69. The van der Waals surface area contributed by atoms with Gasteiger partial charge in [0.1, 0.15) is 5.69 Å². The van der Waals surface area contributed by atoms with Crippen LogP contribution in [0.4, 0.5) is 0 Å². The van der Waals surface area contributed by atoms with Gasteiger partial charge in [-0.1, -0.05) is 6.07 Å². The number of thiazole rings is 1. The van der Waals surface area contributed by atoms with Crippen molar-refractivity contribution in [3.63, 3.8) is 0 Å². The average molecular weight is 386 g/mol. The number of methoxy groups -OCH3 is 2. The van der Waals surface area contributed by atoms with Crippen LogP contribution in [0.5, 0.6) is 11.5 Å².